The van der Waals surface area contributed by atoms with E-state index in [0.717, 1.165) is 12.1 Å². The lowest BCUT2D eigenvalue weighted by atomic mass is 10.1. The summed E-state index contributed by atoms with van der Waals surface area (Å²) in [7, 11) is 0. The highest BCUT2D eigenvalue weighted by atomic mass is 32.1. The molecule has 0 spiro atoms. The molecule has 1 aromatic carbocycles. The van der Waals surface area contributed by atoms with Crippen LogP contribution in [-0.2, 0) is 11.9 Å². The molecule has 0 saturated heterocycles. The van der Waals surface area contributed by atoms with Crippen molar-refractivity contribution in [2.45, 2.75) is 11.9 Å². The Morgan fingerprint density at radius 3 is 2.43 bits per heavy atom. The van der Waals surface area contributed by atoms with Gasteiger partial charge in [-0.2, -0.15) is 31.1 Å². The third kappa shape index (κ3) is 2.20. The zero-order chi connectivity index (χ0) is 10.8. The van der Waals surface area contributed by atoms with Gasteiger partial charge in [-0.3, -0.25) is 0 Å². The van der Waals surface area contributed by atoms with Gasteiger partial charge in [-0.05, 0) is 17.7 Å². The molecule has 0 aromatic heterocycles. The first-order valence-corrected chi connectivity index (χ1v) is 4.33. The van der Waals surface area contributed by atoms with Crippen LogP contribution in [0.15, 0.2) is 18.2 Å². The maximum Gasteiger partial charge on any atom is 0.416 e. The quantitative estimate of drug-likeness (QED) is 0.718. The molecular formula is C9H6F3NS. The standard InChI is InChI=1S/C9H6F3NS/c10-9(11,12)8-2-1-6(5-14)7(3-8)4-13/h1-3,14H,5H2. The van der Waals surface area contributed by atoms with Crippen LogP contribution >= 0.6 is 12.6 Å². The van der Waals surface area contributed by atoms with E-state index in [1.54, 1.807) is 6.07 Å². The Hall–Kier alpha value is -1.15. The maximum atomic E-state index is 12.2. The molecule has 0 radical (unpaired) electrons. The molecular weight excluding hydrogens is 211 g/mol. The lowest BCUT2D eigenvalue weighted by Gasteiger charge is -2.08. The Balaban J connectivity index is 3.23. The molecule has 0 bridgehead atoms. The lowest BCUT2D eigenvalue weighted by molar-refractivity contribution is -0.137. The number of nitrogens with zero attached hydrogens (tertiary/aromatic N) is 1. The van der Waals surface area contributed by atoms with Gasteiger partial charge in [-0.15, -0.1) is 0 Å². The zero-order valence-electron chi connectivity index (χ0n) is 6.97. The Kier molecular flexibility index (Phi) is 3.06. The monoisotopic (exact) mass is 217 g/mol. The van der Waals surface area contributed by atoms with Crippen molar-refractivity contribution < 1.29 is 13.2 Å². The molecule has 0 heterocycles. The Bertz CT molecular complexity index is 379. The topological polar surface area (TPSA) is 23.8 Å². The highest BCUT2D eigenvalue weighted by molar-refractivity contribution is 7.79. The molecule has 1 aromatic rings. The molecule has 1 rings (SSSR count). The van der Waals surface area contributed by atoms with Crippen LogP contribution in [0.25, 0.3) is 0 Å². The predicted octanol–water partition coefficient (Wildman–Crippen LogP) is 3.01. The SMILES string of the molecule is N#Cc1cc(C(F)(F)F)ccc1CS. The summed E-state index contributed by atoms with van der Waals surface area (Å²) in [5.41, 5.74) is -0.279. The van der Waals surface area contributed by atoms with Gasteiger partial charge >= 0.3 is 6.18 Å². The number of thiol groups is 1. The van der Waals surface area contributed by atoms with Crippen LogP contribution in [0, 0.1) is 11.3 Å². The van der Waals surface area contributed by atoms with Crippen LogP contribution < -0.4 is 0 Å². The predicted molar refractivity (Wildman–Crippen MR) is 48.8 cm³/mol. The van der Waals surface area contributed by atoms with Gasteiger partial charge in [0.1, 0.15) is 0 Å². The summed E-state index contributed by atoms with van der Waals surface area (Å²) in [6.07, 6.45) is -4.40. The molecule has 0 aliphatic rings. The summed E-state index contributed by atoms with van der Waals surface area (Å²) >= 11 is 3.91. The fourth-order valence-electron chi connectivity index (χ4n) is 0.995. The van der Waals surface area contributed by atoms with Gasteiger partial charge in [0.15, 0.2) is 0 Å². The second kappa shape index (κ2) is 3.93. The van der Waals surface area contributed by atoms with E-state index in [9.17, 15) is 13.2 Å². The van der Waals surface area contributed by atoms with Crippen molar-refractivity contribution in [1.29, 1.82) is 5.26 Å². The zero-order valence-corrected chi connectivity index (χ0v) is 7.86. The van der Waals surface area contributed by atoms with Crippen LogP contribution in [-0.4, -0.2) is 0 Å². The van der Waals surface area contributed by atoms with E-state index in [-0.39, 0.29) is 11.3 Å². The number of hydrogen-bond acceptors (Lipinski definition) is 2. The molecule has 74 valence electrons. The van der Waals surface area contributed by atoms with E-state index in [1.165, 1.54) is 6.07 Å². The van der Waals surface area contributed by atoms with Crippen molar-refractivity contribution in [3.63, 3.8) is 0 Å². The van der Waals surface area contributed by atoms with Gasteiger partial charge in [0.25, 0.3) is 0 Å². The van der Waals surface area contributed by atoms with E-state index in [2.05, 4.69) is 12.6 Å². The summed E-state index contributed by atoms with van der Waals surface area (Å²) in [5, 5.41) is 8.59. The van der Waals surface area contributed by atoms with Crippen molar-refractivity contribution in [3.8, 4) is 6.07 Å². The number of hydrogen-bond donors (Lipinski definition) is 1. The fraction of sp³-hybridized carbons (Fsp3) is 0.222. The second-order valence-electron chi connectivity index (χ2n) is 2.64. The van der Waals surface area contributed by atoms with Crippen LogP contribution in [0.3, 0.4) is 0 Å². The van der Waals surface area contributed by atoms with Crippen molar-refractivity contribution in [2.75, 3.05) is 0 Å². The number of rotatable bonds is 1. The molecule has 0 N–H and O–H groups in total. The van der Waals surface area contributed by atoms with Gasteiger partial charge < -0.3 is 0 Å². The number of nitriles is 1. The van der Waals surface area contributed by atoms with Crippen molar-refractivity contribution in [3.05, 3.63) is 34.9 Å². The molecule has 5 heteroatoms. The number of benzene rings is 1. The minimum Gasteiger partial charge on any atom is -0.192 e. The number of alkyl halides is 3. The Morgan fingerprint density at radius 1 is 1.36 bits per heavy atom. The smallest absolute Gasteiger partial charge is 0.192 e. The second-order valence-corrected chi connectivity index (χ2v) is 2.96. The Labute approximate surface area is 84.6 Å². The molecule has 0 aliphatic heterocycles. The van der Waals surface area contributed by atoms with Crippen LogP contribution in [0.4, 0.5) is 13.2 Å². The average Bonchev–Trinajstić information content (AvgIpc) is 2.15. The third-order valence-corrected chi connectivity index (χ3v) is 2.07. The maximum absolute atomic E-state index is 12.2. The molecule has 0 atom stereocenters. The van der Waals surface area contributed by atoms with Crippen LogP contribution in [0.2, 0.25) is 0 Å². The molecule has 1 nitrogen and oxygen atoms in total. The largest absolute Gasteiger partial charge is 0.416 e. The summed E-state index contributed by atoms with van der Waals surface area (Å²) in [5.74, 6) is 0.251. The normalized spacial score (nSPS) is 11.1. The van der Waals surface area contributed by atoms with Crippen molar-refractivity contribution in [2.24, 2.45) is 0 Å². The van der Waals surface area contributed by atoms with Crippen LogP contribution in [0.5, 0.6) is 0 Å². The fourth-order valence-corrected chi connectivity index (χ4v) is 1.27. The summed E-state index contributed by atoms with van der Waals surface area (Å²) < 4.78 is 36.6. The first kappa shape index (κ1) is 10.9. The highest BCUT2D eigenvalue weighted by Gasteiger charge is 2.30. The van der Waals surface area contributed by atoms with E-state index in [4.69, 9.17) is 5.26 Å². The molecule has 0 unspecified atom stereocenters. The molecule has 0 amide bonds. The van der Waals surface area contributed by atoms with Crippen molar-refractivity contribution >= 4 is 12.6 Å². The molecule has 0 aliphatic carbocycles. The van der Waals surface area contributed by atoms with Gasteiger partial charge in [0, 0.05) is 5.75 Å². The number of halogens is 3. The molecule has 14 heavy (non-hydrogen) atoms. The van der Waals surface area contributed by atoms with Gasteiger partial charge in [-0.1, -0.05) is 6.07 Å². The Morgan fingerprint density at radius 2 is 2.00 bits per heavy atom. The highest BCUT2D eigenvalue weighted by Crippen LogP contribution is 2.30. The average molecular weight is 217 g/mol. The van der Waals surface area contributed by atoms with Gasteiger partial charge in [0.05, 0.1) is 17.2 Å². The first-order valence-electron chi connectivity index (χ1n) is 3.70. The van der Waals surface area contributed by atoms with E-state index in [1.807, 2.05) is 0 Å². The van der Waals surface area contributed by atoms with Crippen LogP contribution in [0.1, 0.15) is 16.7 Å². The minimum absolute atomic E-state index is 0.0230. The minimum atomic E-state index is -4.40. The van der Waals surface area contributed by atoms with Crippen molar-refractivity contribution in [1.82, 2.24) is 0 Å². The summed E-state index contributed by atoms with van der Waals surface area (Å²) in [6, 6.07) is 4.77. The van der Waals surface area contributed by atoms with E-state index < -0.39 is 11.7 Å². The summed E-state index contributed by atoms with van der Waals surface area (Å²) in [6.45, 7) is 0. The molecule has 0 fully saturated rings. The van der Waals surface area contributed by atoms with Gasteiger partial charge in [-0.25, -0.2) is 0 Å². The van der Waals surface area contributed by atoms with E-state index >= 15 is 0 Å². The third-order valence-electron chi connectivity index (χ3n) is 1.73. The first-order chi connectivity index (χ1) is 6.49. The molecule has 0 saturated carbocycles. The lowest BCUT2D eigenvalue weighted by Crippen LogP contribution is -2.05. The van der Waals surface area contributed by atoms with Gasteiger partial charge in [0.2, 0.25) is 0 Å². The van der Waals surface area contributed by atoms with E-state index in [0.29, 0.717) is 5.56 Å². The summed E-state index contributed by atoms with van der Waals surface area (Å²) in [4.78, 5) is 0.